The van der Waals surface area contributed by atoms with Crippen molar-refractivity contribution in [3.8, 4) is 0 Å². The zero-order valence-electron chi connectivity index (χ0n) is 4.88. The van der Waals surface area contributed by atoms with Gasteiger partial charge in [-0.15, -0.1) is 0 Å². The Morgan fingerprint density at radius 3 is 2.38 bits per heavy atom. The van der Waals surface area contributed by atoms with E-state index in [9.17, 15) is 9.90 Å². The minimum absolute atomic E-state index is 0. The van der Waals surface area contributed by atoms with Crippen molar-refractivity contribution < 1.29 is 44.2 Å². The Balaban J connectivity index is 0. The molecule has 0 N–H and O–H groups in total. The molecule has 0 unspecified atom stereocenters. The third-order valence-electron chi connectivity index (χ3n) is 0.300. The van der Waals surface area contributed by atoms with Gasteiger partial charge in [0.05, 0.1) is 0 Å². The van der Waals surface area contributed by atoms with Gasteiger partial charge < -0.3 is 14.6 Å². The minimum Gasteiger partial charge on any atom is -0.522 e. The van der Waals surface area contributed by atoms with E-state index >= 15 is 0 Å². The van der Waals surface area contributed by atoms with Crippen LogP contribution in [0.25, 0.3) is 0 Å². The molecule has 40 valence electrons. The van der Waals surface area contributed by atoms with E-state index in [-0.39, 0.29) is 29.6 Å². The van der Waals surface area contributed by atoms with Gasteiger partial charge in [0.1, 0.15) is 0 Å². The predicted molar refractivity (Wildman–Crippen MR) is 21.3 cm³/mol. The van der Waals surface area contributed by atoms with E-state index in [0.29, 0.717) is 0 Å². The van der Waals surface area contributed by atoms with Crippen molar-refractivity contribution in [3.05, 3.63) is 12.3 Å². The normalized spacial score (nSPS) is 8.12. The molecule has 0 aromatic rings. The molecule has 0 amide bonds. The van der Waals surface area contributed by atoms with Gasteiger partial charge in [-0.05, 0) is 6.92 Å². The Bertz CT molecular complexity index is 89.3. The average molecular weight is 124 g/mol. The van der Waals surface area contributed by atoms with Crippen molar-refractivity contribution in [1.29, 1.82) is 0 Å². The zero-order chi connectivity index (χ0) is 5.70. The summed E-state index contributed by atoms with van der Waals surface area (Å²) in [5.74, 6) is 0. The van der Waals surface area contributed by atoms with Gasteiger partial charge in [-0.25, -0.2) is 0 Å². The first-order valence-electron chi connectivity index (χ1n) is 1.76. The summed E-state index contributed by atoms with van der Waals surface area (Å²) in [5.41, 5.74) is 0. The number of hydrogen-bond acceptors (Lipinski definition) is 3. The molecule has 4 heteroatoms. The maximum absolute atomic E-state index is 9.37. The summed E-state index contributed by atoms with van der Waals surface area (Å²) in [6.07, 6.45) is 0.962. The number of hydrogen-bond donors (Lipinski definition) is 0. The van der Waals surface area contributed by atoms with E-state index in [1.165, 1.54) is 6.08 Å². The van der Waals surface area contributed by atoms with Gasteiger partial charge in [0.2, 0.25) is 0 Å². The van der Waals surface area contributed by atoms with Crippen LogP contribution < -0.4 is 34.7 Å². The third kappa shape index (κ3) is 9.38. The van der Waals surface area contributed by atoms with Gasteiger partial charge in [0.25, 0.3) is 6.16 Å². The largest absolute Gasteiger partial charge is 1.00 e. The predicted octanol–water partition coefficient (Wildman–Crippen LogP) is -3.12. The van der Waals surface area contributed by atoms with E-state index < -0.39 is 6.16 Å². The fourth-order valence-corrected chi connectivity index (χ4v) is 0.124. The van der Waals surface area contributed by atoms with E-state index in [2.05, 4.69) is 4.74 Å². The number of carboxylic acid groups (broad SMARTS) is 1. The van der Waals surface area contributed by atoms with E-state index in [4.69, 9.17) is 0 Å². The molecule has 0 radical (unpaired) electrons. The average Bonchev–Trinajstić information content (AvgIpc) is 1.61. The zero-order valence-corrected chi connectivity index (χ0v) is 6.88. The standard InChI is InChI=1S/C4H6O3.Na/c1-2-3-7-4(5)6;/h2-3H,1H3,(H,5,6);/q;+1/p-1. The van der Waals surface area contributed by atoms with Crippen molar-refractivity contribution >= 4 is 6.16 Å². The molecule has 0 aromatic heterocycles. The van der Waals surface area contributed by atoms with Crippen LogP contribution in [0, 0.1) is 0 Å². The van der Waals surface area contributed by atoms with Crippen LogP contribution in [0.15, 0.2) is 12.3 Å². The second-order valence-corrected chi connectivity index (χ2v) is 0.837. The molecule has 0 bridgehead atoms. The molecule has 0 fully saturated rings. The van der Waals surface area contributed by atoms with E-state index in [1.807, 2.05) is 0 Å². The molecule has 0 spiro atoms. The fraction of sp³-hybridized carbons (Fsp3) is 0.250. The van der Waals surface area contributed by atoms with Gasteiger partial charge in [-0.3, -0.25) is 0 Å². The van der Waals surface area contributed by atoms with Gasteiger partial charge in [-0.2, -0.15) is 0 Å². The van der Waals surface area contributed by atoms with Crippen molar-refractivity contribution in [3.63, 3.8) is 0 Å². The SMILES string of the molecule is CC=COC(=O)[O-].[Na+]. The molecule has 0 saturated heterocycles. The first kappa shape index (κ1) is 10.9. The van der Waals surface area contributed by atoms with Crippen molar-refractivity contribution in [2.24, 2.45) is 0 Å². The van der Waals surface area contributed by atoms with Crippen LogP contribution in [-0.4, -0.2) is 6.16 Å². The number of carbonyl (C=O) groups excluding carboxylic acids is 1. The summed E-state index contributed by atoms with van der Waals surface area (Å²) in [7, 11) is 0. The van der Waals surface area contributed by atoms with Gasteiger partial charge in [0.15, 0.2) is 0 Å². The second-order valence-electron chi connectivity index (χ2n) is 0.837. The van der Waals surface area contributed by atoms with E-state index in [0.717, 1.165) is 6.26 Å². The molecule has 0 heterocycles. The maximum atomic E-state index is 9.37. The molecule has 8 heavy (non-hydrogen) atoms. The van der Waals surface area contributed by atoms with E-state index in [1.54, 1.807) is 6.92 Å². The van der Waals surface area contributed by atoms with Crippen LogP contribution in [0.2, 0.25) is 0 Å². The molecule has 0 aliphatic rings. The fourth-order valence-electron chi connectivity index (χ4n) is 0.124. The van der Waals surface area contributed by atoms with Crippen LogP contribution in [0.4, 0.5) is 4.79 Å². The first-order valence-corrected chi connectivity index (χ1v) is 1.76. The summed E-state index contributed by atoms with van der Waals surface area (Å²) >= 11 is 0. The second kappa shape index (κ2) is 7.01. The minimum atomic E-state index is -1.53. The molecule has 0 aliphatic heterocycles. The summed E-state index contributed by atoms with van der Waals surface area (Å²) in [6.45, 7) is 1.64. The molecule has 0 aromatic carbocycles. The van der Waals surface area contributed by atoms with Crippen LogP contribution in [0.5, 0.6) is 0 Å². The molecular formula is C4H5NaO3. The Labute approximate surface area is 69.6 Å². The summed E-state index contributed by atoms with van der Waals surface area (Å²) in [4.78, 5) is 9.37. The monoisotopic (exact) mass is 124 g/mol. The quantitative estimate of drug-likeness (QED) is 0.211. The Kier molecular flexibility index (Phi) is 9.55. The smallest absolute Gasteiger partial charge is 0.522 e. The van der Waals surface area contributed by atoms with Crippen molar-refractivity contribution in [2.45, 2.75) is 6.92 Å². The van der Waals surface area contributed by atoms with Gasteiger partial charge in [-0.1, -0.05) is 6.08 Å². The third-order valence-corrected chi connectivity index (χ3v) is 0.300. The molecule has 0 aliphatic carbocycles. The number of carbonyl (C=O) groups is 1. The molecule has 3 nitrogen and oxygen atoms in total. The topological polar surface area (TPSA) is 49.4 Å². The number of ether oxygens (including phenoxy) is 1. The maximum Gasteiger partial charge on any atom is 1.00 e. The summed E-state index contributed by atoms with van der Waals surface area (Å²) < 4.78 is 3.82. The summed E-state index contributed by atoms with van der Waals surface area (Å²) in [6, 6.07) is 0. The Morgan fingerprint density at radius 1 is 1.75 bits per heavy atom. The van der Waals surface area contributed by atoms with Gasteiger partial charge in [0, 0.05) is 6.26 Å². The van der Waals surface area contributed by atoms with Crippen molar-refractivity contribution in [1.82, 2.24) is 0 Å². The molecule has 0 atom stereocenters. The Morgan fingerprint density at radius 2 is 2.25 bits per heavy atom. The number of rotatable bonds is 1. The number of allylic oxidation sites excluding steroid dienone is 1. The van der Waals surface area contributed by atoms with Crippen LogP contribution in [0.1, 0.15) is 6.92 Å². The Hall–Kier alpha value is 0.0100. The molecule has 0 rings (SSSR count). The van der Waals surface area contributed by atoms with Crippen molar-refractivity contribution in [2.75, 3.05) is 0 Å². The molecular weight excluding hydrogens is 119 g/mol. The van der Waals surface area contributed by atoms with Crippen LogP contribution in [-0.2, 0) is 4.74 Å². The van der Waals surface area contributed by atoms with Crippen LogP contribution in [0.3, 0.4) is 0 Å². The van der Waals surface area contributed by atoms with Crippen LogP contribution >= 0.6 is 0 Å². The van der Waals surface area contributed by atoms with Gasteiger partial charge >= 0.3 is 29.6 Å². The first-order chi connectivity index (χ1) is 3.27. The molecule has 0 saturated carbocycles. The summed E-state index contributed by atoms with van der Waals surface area (Å²) in [5, 5.41) is 9.37.